The van der Waals surface area contributed by atoms with Crippen LogP contribution in [0.4, 0.5) is 0 Å². The predicted octanol–water partition coefficient (Wildman–Crippen LogP) is 3.99. The molecule has 0 unspecified atom stereocenters. The Hall–Kier alpha value is -2.37. The molecule has 6 nitrogen and oxygen atoms in total. The van der Waals surface area contributed by atoms with Gasteiger partial charge in [0.2, 0.25) is 5.91 Å². The maximum atomic E-state index is 12.1. The van der Waals surface area contributed by atoms with Gasteiger partial charge in [0.05, 0.1) is 5.56 Å². The maximum absolute atomic E-state index is 12.1. The molecule has 0 bridgehead atoms. The lowest BCUT2D eigenvalue weighted by Gasteiger charge is -2.05. The molecule has 0 aromatic heterocycles. The number of aryl methyl sites for hydroxylation is 1. The van der Waals surface area contributed by atoms with Crippen molar-refractivity contribution in [1.29, 1.82) is 0 Å². The minimum atomic E-state index is -1.03. The van der Waals surface area contributed by atoms with E-state index in [4.69, 9.17) is 5.11 Å². The van der Waals surface area contributed by atoms with Crippen LogP contribution >= 0.6 is 0 Å². The molecule has 27 heavy (non-hydrogen) atoms. The number of carbonyl (C=O) groups is 3. The summed E-state index contributed by atoms with van der Waals surface area (Å²) in [4.78, 5) is 33.8. The molecule has 0 fully saturated rings. The van der Waals surface area contributed by atoms with Gasteiger partial charge in [-0.3, -0.25) is 14.4 Å². The van der Waals surface area contributed by atoms with Crippen LogP contribution < -0.4 is 5.32 Å². The number of rotatable bonds is 14. The Bertz CT molecular complexity index is 627. The molecule has 0 saturated heterocycles. The average Bonchev–Trinajstić information content (AvgIpc) is 2.63. The van der Waals surface area contributed by atoms with Crippen molar-refractivity contribution in [2.45, 2.75) is 71.1 Å². The number of carboxylic acid groups (broad SMARTS) is 1. The lowest BCUT2D eigenvalue weighted by molar-refractivity contribution is -0.137. The number of amides is 1. The Labute approximate surface area is 161 Å². The molecule has 1 amide bonds. The molecule has 0 heterocycles. The van der Waals surface area contributed by atoms with Gasteiger partial charge in [0.15, 0.2) is 5.78 Å². The zero-order valence-corrected chi connectivity index (χ0v) is 16.1. The van der Waals surface area contributed by atoms with E-state index >= 15 is 0 Å². The van der Waals surface area contributed by atoms with Gasteiger partial charge in [-0.05, 0) is 31.9 Å². The number of ketones is 1. The summed E-state index contributed by atoms with van der Waals surface area (Å²) in [5, 5.41) is 20.6. The van der Waals surface area contributed by atoms with Crippen LogP contribution in [-0.4, -0.2) is 34.4 Å². The van der Waals surface area contributed by atoms with Crippen LogP contribution in [0.15, 0.2) is 18.2 Å². The highest BCUT2D eigenvalue weighted by molar-refractivity contribution is 5.98. The van der Waals surface area contributed by atoms with E-state index in [1.54, 1.807) is 18.2 Å². The van der Waals surface area contributed by atoms with Gasteiger partial charge in [-0.2, -0.15) is 0 Å². The SMILES string of the molecule is Cc1ccc(O)c(C(=O)CCCCCCCCCCC(=O)NCC(=O)O)c1. The highest BCUT2D eigenvalue weighted by Gasteiger charge is 2.10. The van der Waals surface area contributed by atoms with Gasteiger partial charge in [-0.25, -0.2) is 0 Å². The second-order valence-corrected chi connectivity index (χ2v) is 6.94. The Morgan fingerprint density at radius 3 is 2.04 bits per heavy atom. The van der Waals surface area contributed by atoms with Crippen LogP contribution in [0.2, 0.25) is 0 Å². The molecule has 0 radical (unpaired) electrons. The fourth-order valence-corrected chi connectivity index (χ4v) is 2.90. The quantitative estimate of drug-likeness (QED) is 0.336. The number of nitrogens with one attached hydrogen (secondary N) is 1. The molecule has 1 aromatic rings. The molecule has 0 aliphatic heterocycles. The summed E-state index contributed by atoms with van der Waals surface area (Å²) in [6.07, 6.45) is 8.74. The topological polar surface area (TPSA) is 104 Å². The number of aliphatic carboxylic acids is 1. The van der Waals surface area contributed by atoms with E-state index in [0.717, 1.165) is 56.9 Å². The largest absolute Gasteiger partial charge is 0.507 e. The Morgan fingerprint density at radius 1 is 0.889 bits per heavy atom. The summed E-state index contributed by atoms with van der Waals surface area (Å²) in [5.74, 6) is -1.18. The first-order valence-corrected chi connectivity index (χ1v) is 9.71. The molecule has 0 saturated carbocycles. The minimum Gasteiger partial charge on any atom is -0.507 e. The first-order chi connectivity index (χ1) is 12.9. The van der Waals surface area contributed by atoms with E-state index in [0.29, 0.717) is 18.4 Å². The summed E-state index contributed by atoms with van der Waals surface area (Å²) in [7, 11) is 0. The van der Waals surface area contributed by atoms with E-state index in [1.807, 2.05) is 6.92 Å². The Morgan fingerprint density at radius 2 is 1.44 bits per heavy atom. The van der Waals surface area contributed by atoms with Crippen molar-refractivity contribution in [2.24, 2.45) is 0 Å². The minimum absolute atomic E-state index is 0.00243. The third-order valence-electron chi connectivity index (χ3n) is 4.45. The summed E-state index contributed by atoms with van der Waals surface area (Å²) in [5.41, 5.74) is 1.39. The second kappa shape index (κ2) is 12.9. The number of carbonyl (C=O) groups excluding carboxylic acids is 2. The number of aromatic hydroxyl groups is 1. The molecule has 1 aromatic carbocycles. The van der Waals surface area contributed by atoms with Gasteiger partial charge in [-0.15, -0.1) is 0 Å². The van der Waals surface area contributed by atoms with E-state index in [9.17, 15) is 19.5 Å². The van der Waals surface area contributed by atoms with Gasteiger partial charge in [0.1, 0.15) is 12.3 Å². The average molecular weight is 377 g/mol. The van der Waals surface area contributed by atoms with Gasteiger partial charge in [-0.1, -0.05) is 50.2 Å². The Kier molecular flexibility index (Phi) is 10.8. The molecule has 0 aliphatic carbocycles. The number of hydrogen-bond donors (Lipinski definition) is 3. The lowest BCUT2D eigenvalue weighted by Crippen LogP contribution is -2.28. The molecular formula is C21H31NO5. The maximum Gasteiger partial charge on any atom is 0.322 e. The van der Waals surface area contributed by atoms with Crippen molar-refractivity contribution in [2.75, 3.05) is 6.54 Å². The summed E-state index contributed by atoms with van der Waals surface area (Å²) in [6.45, 7) is 1.59. The standard InChI is InChI=1S/C21H31NO5/c1-16-12-13-19(24)17(14-16)18(23)10-8-6-4-2-3-5-7-9-11-20(25)22-15-21(26)27/h12-14,24H,2-11,15H2,1H3,(H,22,25)(H,26,27). The van der Waals surface area contributed by atoms with Crippen molar-refractivity contribution in [3.05, 3.63) is 29.3 Å². The number of unbranched alkanes of at least 4 members (excludes halogenated alkanes) is 7. The number of carboxylic acids is 1. The van der Waals surface area contributed by atoms with Gasteiger partial charge < -0.3 is 15.5 Å². The summed E-state index contributed by atoms with van der Waals surface area (Å²) >= 11 is 0. The van der Waals surface area contributed by atoms with E-state index < -0.39 is 5.97 Å². The molecule has 0 aliphatic rings. The first kappa shape index (κ1) is 22.7. The molecule has 1 rings (SSSR count). The Balaban J connectivity index is 1.99. The first-order valence-electron chi connectivity index (χ1n) is 9.71. The second-order valence-electron chi connectivity index (χ2n) is 6.94. The van der Waals surface area contributed by atoms with E-state index in [2.05, 4.69) is 5.32 Å². The van der Waals surface area contributed by atoms with Crippen molar-refractivity contribution in [3.8, 4) is 5.75 Å². The molecular weight excluding hydrogens is 346 g/mol. The van der Waals surface area contributed by atoms with Crippen molar-refractivity contribution >= 4 is 17.7 Å². The zero-order valence-electron chi connectivity index (χ0n) is 16.1. The normalized spacial score (nSPS) is 10.6. The highest BCUT2D eigenvalue weighted by Crippen LogP contribution is 2.21. The molecule has 0 atom stereocenters. The van der Waals surface area contributed by atoms with Crippen LogP contribution in [0.3, 0.4) is 0 Å². The van der Waals surface area contributed by atoms with Gasteiger partial charge in [0.25, 0.3) is 0 Å². The van der Waals surface area contributed by atoms with Crippen molar-refractivity contribution in [3.63, 3.8) is 0 Å². The monoisotopic (exact) mass is 377 g/mol. The van der Waals surface area contributed by atoms with Crippen molar-refractivity contribution in [1.82, 2.24) is 5.32 Å². The van der Waals surface area contributed by atoms with Crippen LogP contribution in [-0.2, 0) is 9.59 Å². The third-order valence-corrected chi connectivity index (χ3v) is 4.45. The fourth-order valence-electron chi connectivity index (χ4n) is 2.90. The van der Waals surface area contributed by atoms with Crippen LogP contribution in [0.5, 0.6) is 5.75 Å². The zero-order chi connectivity index (χ0) is 20.1. The van der Waals surface area contributed by atoms with E-state index in [-0.39, 0.29) is 24.0 Å². The highest BCUT2D eigenvalue weighted by atomic mass is 16.4. The number of Topliss-reactive ketones (excluding diaryl/α,β-unsaturated/α-hetero) is 1. The smallest absolute Gasteiger partial charge is 0.322 e. The molecule has 150 valence electrons. The van der Waals surface area contributed by atoms with E-state index in [1.165, 1.54) is 0 Å². The van der Waals surface area contributed by atoms with Gasteiger partial charge in [0, 0.05) is 12.8 Å². The summed E-state index contributed by atoms with van der Waals surface area (Å²) in [6, 6.07) is 5.09. The summed E-state index contributed by atoms with van der Waals surface area (Å²) < 4.78 is 0. The lowest BCUT2D eigenvalue weighted by atomic mass is 10.0. The van der Waals surface area contributed by atoms with Gasteiger partial charge >= 0.3 is 5.97 Å². The third kappa shape index (κ3) is 10.4. The number of phenols is 1. The number of benzene rings is 1. The number of hydrogen-bond acceptors (Lipinski definition) is 4. The van der Waals surface area contributed by atoms with Crippen molar-refractivity contribution < 1.29 is 24.6 Å². The fraction of sp³-hybridized carbons (Fsp3) is 0.571. The van der Waals surface area contributed by atoms with Crippen LogP contribution in [0.1, 0.15) is 80.1 Å². The van der Waals surface area contributed by atoms with Crippen LogP contribution in [0.25, 0.3) is 0 Å². The van der Waals surface area contributed by atoms with Crippen LogP contribution in [0, 0.1) is 6.92 Å². The predicted molar refractivity (Wildman–Crippen MR) is 104 cm³/mol. The number of phenolic OH excluding ortho intramolecular Hbond substituents is 1. The molecule has 6 heteroatoms. The molecule has 0 spiro atoms. The molecule has 3 N–H and O–H groups in total.